The SMILES string of the molecule is COc1ccc(OC)c([C@H]2CN(C(=O)c3ccccc3)C[C@@H]2C(=O)NCc2ccc(F)cc2)c1. The monoisotopic (exact) mass is 462 g/mol. The third kappa shape index (κ3) is 5.03. The van der Waals surface area contributed by atoms with Gasteiger partial charge in [-0.1, -0.05) is 30.3 Å². The lowest BCUT2D eigenvalue weighted by Crippen LogP contribution is -2.35. The number of carbonyl (C=O) groups excluding carboxylic acids is 2. The number of nitrogens with zero attached hydrogens (tertiary/aromatic N) is 1. The molecule has 4 rings (SSSR count). The number of halogens is 1. The fourth-order valence-electron chi connectivity index (χ4n) is 4.37. The van der Waals surface area contributed by atoms with Gasteiger partial charge in [0, 0.05) is 36.7 Å². The summed E-state index contributed by atoms with van der Waals surface area (Å²) >= 11 is 0. The van der Waals surface area contributed by atoms with Crippen LogP contribution in [0.25, 0.3) is 0 Å². The van der Waals surface area contributed by atoms with Crippen LogP contribution in [0.2, 0.25) is 0 Å². The van der Waals surface area contributed by atoms with E-state index in [2.05, 4.69) is 5.32 Å². The average Bonchev–Trinajstić information content (AvgIpc) is 3.33. The van der Waals surface area contributed by atoms with Gasteiger partial charge >= 0.3 is 0 Å². The van der Waals surface area contributed by atoms with Crippen LogP contribution in [0.3, 0.4) is 0 Å². The average molecular weight is 463 g/mol. The number of ether oxygens (including phenoxy) is 2. The molecule has 7 heteroatoms. The molecule has 0 aliphatic carbocycles. The number of amides is 2. The molecule has 1 heterocycles. The maximum absolute atomic E-state index is 13.3. The van der Waals surface area contributed by atoms with Crippen molar-refractivity contribution in [2.75, 3.05) is 27.3 Å². The largest absolute Gasteiger partial charge is 0.497 e. The second kappa shape index (κ2) is 10.4. The van der Waals surface area contributed by atoms with Crippen LogP contribution in [0.5, 0.6) is 11.5 Å². The van der Waals surface area contributed by atoms with E-state index in [0.717, 1.165) is 11.1 Å². The van der Waals surface area contributed by atoms with Crippen molar-refractivity contribution >= 4 is 11.8 Å². The van der Waals surface area contributed by atoms with Gasteiger partial charge in [-0.2, -0.15) is 0 Å². The first kappa shape index (κ1) is 23.3. The normalized spacial score (nSPS) is 17.3. The van der Waals surface area contributed by atoms with Gasteiger partial charge in [0.25, 0.3) is 5.91 Å². The molecule has 0 saturated carbocycles. The predicted octanol–water partition coefficient (Wildman–Crippen LogP) is 4.02. The summed E-state index contributed by atoms with van der Waals surface area (Å²) in [7, 11) is 3.16. The molecule has 1 aliphatic rings. The topological polar surface area (TPSA) is 67.9 Å². The molecule has 3 aromatic carbocycles. The molecule has 1 aliphatic heterocycles. The number of rotatable bonds is 7. The summed E-state index contributed by atoms with van der Waals surface area (Å²) in [5.74, 6) is -0.125. The maximum atomic E-state index is 13.3. The zero-order chi connectivity index (χ0) is 24.1. The summed E-state index contributed by atoms with van der Waals surface area (Å²) in [6.07, 6.45) is 0. The van der Waals surface area contributed by atoms with Crippen molar-refractivity contribution in [2.24, 2.45) is 5.92 Å². The standard InChI is InChI=1S/C27H27FN2O4/c1-33-21-12-13-25(34-2)22(14-21)23-16-30(27(32)19-6-4-3-5-7-19)17-24(23)26(31)29-15-18-8-10-20(28)11-9-18/h3-14,23-24H,15-17H2,1-2H3,(H,29,31)/t23-,24+/m1/s1. The zero-order valence-electron chi connectivity index (χ0n) is 19.2. The molecule has 3 aromatic rings. The summed E-state index contributed by atoms with van der Waals surface area (Å²) in [5, 5.41) is 2.95. The Bertz CT molecular complexity index is 1150. The minimum Gasteiger partial charge on any atom is -0.497 e. The Hall–Kier alpha value is -3.87. The fourth-order valence-corrected chi connectivity index (χ4v) is 4.37. The lowest BCUT2D eigenvalue weighted by Gasteiger charge is -2.21. The van der Waals surface area contributed by atoms with Gasteiger partial charge in [-0.25, -0.2) is 4.39 Å². The van der Waals surface area contributed by atoms with Gasteiger partial charge in [0.05, 0.1) is 20.1 Å². The van der Waals surface area contributed by atoms with E-state index in [9.17, 15) is 14.0 Å². The van der Waals surface area contributed by atoms with Crippen LogP contribution in [0.4, 0.5) is 4.39 Å². The van der Waals surface area contributed by atoms with Crippen molar-refractivity contribution in [3.8, 4) is 11.5 Å². The smallest absolute Gasteiger partial charge is 0.253 e. The molecule has 0 aromatic heterocycles. The van der Waals surface area contributed by atoms with Gasteiger partial charge in [0.2, 0.25) is 5.91 Å². The number of hydrogen-bond acceptors (Lipinski definition) is 4. The zero-order valence-corrected chi connectivity index (χ0v) is 19.2. The van der Waals surface area contributed by atoms with Gasteiger partial charge in [0.1, 0.15) is 17.3 Å². The highest BCUT2D eigenvalue weighted by atomic mass is 19.1. The molecule has 6 nitrogen and oxygen atoms in total. The highest BCUT2D eigenvalue weighted by Gasteiger charge is 2.41. The van der Waals surface area contributed by atoms with Crippen LogP contribution < -0.4 is 14.8 Å². The van der Waals surface area contributed by atoms with Gasteiger partial charge in [-0.15, -0.1) is 0 Å². The molecular formula is C27H27FN2O4. The van der Waals surface area contributed by atoms with Gasteiger partial charge in [0.15, 0.2) is 0 Å². The van der Waals surface area contributed by atoms with Gasteiger partial charge < -0.3 is 19.7 Å². The van der Waals surface area contributed by atoms with Crippen molar-refractivity contribution in [3.63, 3.8) is 0 Å². The first-order valence-corrected chi connectivity index (χ1v) is 11.1. The molecule has 2 atom stereocenters. The highest BCUT2D eigenvalue weighted by molar-refractivity contribution is 5.95. The van der Waals surface area contributed by atoms with Crippen LogP contribution in [-0.2, 0) is 11.3 Å². The molecule has 34 heavy (non-hydrogen) atoms. The first-order chi connectivity index (χ1) is 16.5. The Morgan fingerprint density at radius 3 is 2.38 bits per heavy atom. The number of benzene rings is 3. The lowest BCUT2D eigenvalue weighted by atomic mass is 9.87. The number of likely N-dealkylation sites (tertiary alicyclic amines) is 1. The van der Waals surface area contributed by atoms with E-state index < -0.39 is 5.92 Å². The third-order valence-corrected chi connectivity index (χ3v) is 6.18. The van der Waals surface area contributed by atoms with E-state index in [0.29, 0.717) is 23.6 Å². The summed E-state index contributed by atoms with van der Waals surface area (Å²) in [4.78, 5) is 28.2. The van der Waals surface area contributed by atoms with Crippen molar-refractivity contribution in [3.05, 3.63) is 95.3 Å². The summed E-state index contributed by atoms with van der Waals surface area (Å²) in [6, 6.07) is 20.5. The van der Waals surface area contributed by atoms with Gasteiger partial charge in [-0.3, -0.25) is 9.59 Å². The van der Waals surface area contributed by atoms with Crippen molar-refractivity contribution < 1.29 is 23.5 Å². The molecule has 1 saturated heterocycles. The third-order valence-electron chi connectivity index (χ3n) is 6.18. The second-order valence-electron chi connectivity index (χ2n) is 8.24. The van der Waals surface area contributed by atoms with E-state index >= 15 is 0 Å². The molecule has 1 N–H and O–H groups in total. The molecule has 0 bridgehead atoms. The quantitative estimate of drug-likeness (QED) is 0.576. The van der Waals surface area contributed by atoms with Crippen molar-refractivity contribution in [1.82, 2.24) is 10.2 Å². The van der Waals surface area contributed by atoms with E-state index in [4.69, 9.17) is 9.47 Å². The van der Waals surface area contributed by atoms with Crippen LogP contribution in [-0.4, -0.2) is 44.0 Å². The number of methoxy groups -OCH3 is 2. The Kier molecular flexibility index (Phi) is 7.11. The predicted molar refractivity (Wildman–Crippen MR) is 126 cm³/mol. The fraction of sp³-hybridized carbons (Fsp3) is 0.259. The molecule has 0 spiro atoms. The summed E-state index contributed by atoms with van der Waals surface area (Å²) in [6.45, 7) is 0.907. The van der Waals surface area contributed by atoms with E-state index in [1.807, 2.05) is 30.3 Å². The molecule has 1 fully saturated rings. The van der Waals surface area contributed by atoms with Crippen LogP contribution in [0.1, 0.15) is 27.4 Å². The van der Waals surface area contributed by atoms with Crippen molar-refractivity contribution in [1.29, 1.82) is 0 Å². The maximum Gasteiger partial charge on any atom is 0.253 e. The molecular weight excluding hydrogens is 435 g/mol. The Morgan fingerprint density at radius 2 is 1.71 bits per heavy atom. The van der Waals surface area contributed by atoms with E-state index in [1.54, 1.807) is 49.5 Å². The number of carbonyl (C=O) groups is 2. The Balaban J connectivity index is 1.61. The highest BCUT2D eigenvalue weighted by Crippen LogP contribution is 2.40. The summed E-state index contributed by atoms with van der Waals surface area (Å²) in [5.41, 5.74) is 2.18. The van der Waals surface area contributed by atoms with E-state index in [-0.39, 0.29) is 36.6 Å². The Morgan fingerprint density at radius 1 is 0.971 bits per heavy atom. The number of nitrogens with one attached hydrogen (secondary N) is 1. The van der Waals surface area contributed by atoms with Gasteiger partial charge in [-0.05, 0) is 48.0 Å². The lowest BCUT2D eigenvalue weighted by molar-refractivity contribution is -0.125. The minimum atomic E-state index is -0.492. The molecule has 0 radical (unpaired) electrons. The number of hydrogen-bond donors (Lipinski definition) is 1. The second-order valence-corrected chi connectivity index (χ2v) is 8.24. The summed E-state index contributed by atoms with van der Waals surface area (Å²) < 4.78 is 24.2. The Labute approximate surface area is 198 Å². The first-order valence-electron chi connectivity index (χ1n) is 11.1. The van der Waals surface area contributed by atoms with Crippen LogP contribution in [0.15, 0.2) is 72.8 Å². The minimum absolute atomic E-state index is 0.124. The van der Waals surface area contributed by atoms with Crippen LogP contribution >= 0.6 is 0 Å². The molecule has 176 valence electrons. The van der Waals surface area contributed by atoms with Crippen LogP contribution in [0, 0.1) is 11.7 Å². The van der Waals surface area contributed by atoms with E-state index in [1.165, 1.54) is 12.1 Å². The van der Waals surface area contributed by atoms with Crippen molar-refractivity contribution in [2.45, 2.75) is 12.5 Å². The molecule has 2 amide bonds. The molecule has 0 unspecified atom stereocenters.